The third kappa shape index (κ3) is 3.61. The highest BCUT2D eigenvalue weighted by atomic mass is 16.5. The number of phenols is 1. The van der Waals surface area contributed by atoms with Gasteiger partial charge in [0.1, 0.15) is 0 Å². The summed E-state index contributed by atoms with van der Waals surface area (Å²) in [6.07, 6.45) is 2.64. The van der Waals surface area contributed by atoms with Crippen LogP contribution in [-0.2, 0) is 11.3 Å². The molecule has 19 heavy (non-hydrogen) atoms. The number of nitrogens with zero attached hydrogens (tertiary/aromatic N) is 1. The van der Waals surface area contributed by atoms with E-state index in [0.29, 0.717) is 11.9 Å². The molecular formula is C15H23NO3. The van der Waals surface area contributed by atoms with Crippen molar-refractivity contribution in [2.75, 3.05) is 26.8 Å². The molecule has 1 atom stereocenters. The van der Waals surface area contributed by atoms with Crippen LogP contribution in [0.2, 0.25) is 0 Å². The fraction of sp³-hybridized carbons (Fsp3) is 0.600. The summed E-state index contributed by atoms with van der Waals surface area (Å²) in [6.45, 7) is 5.60. The molecule has 1 heterocycles. The summed E-state index contributed by atoms with van der Waals surface area (Å²) >= 11 is 0. The van der Waals surface area contributed by atoms with Gasteiger partial charge in [-0.05, 0) is 25.5 Å². The SMILES string of the molecule is CCN(Cc1cccc(OC)c1O)CC1CCCO1. The Morgan fingerprint density at radius 1 is 1.47 bits per heavy atom. The summed E-state index contributed by atoms with van der Waals surface area (Å²) in [7, 11) is 1.57. The lowest BCUT2D eigenvalue weighted by Crippen LogP contribution is -2.31. The van der Waals surface area contributed by atoms with Crippen molar-refractivity contribution in [1.29, 1.82) is 0 Å². The lowest BCUT2D eigenvalue weighted by atomic mass is 10.1. The Labute approximate surface area is 114 Å². The topological polar surface area (TPSA) is 41.9 Å². The molecular weight excluding hydrogens is 242 g/mol. The predicted molar refractivity (Wildman–Crippen MR) is 74.6 cm³/mol. The van der Waals surface area contributed by atoms with Crippen molar-refractivity contribution in [3.63, 3.8) is 0 Å². The average Bonchev–Trinajstić information content (AvgIpc) is 2.93. The molecule has 0 aromatic heterocycles. The van der Waals surface area contributed by atoms with Crippen molar-refractivity contribution in [3.8, 4) is 11.5 Å². The maximum Gasteiger partial charge on any atom is 0.162 e. The maximum absolute atomic E-state index is 10.1. The Morgan fingerprint density at radius 2 is 2.32 bits per heavy atom. The van der Waals surface area contributed by atoms with Gasteiger partial charge in [0.25, 0.3) is 0 Å². The first-order valence-electron chi connectivity index (χ1n) is 6.93. The van der Waals surface area contributed by atoms with Gasteiger partial charge in [0.2, 0.25) is 0 Å². The van der Waals surface area contributed by atoms with E-state index >= 15 is 0 Å². The van der Waals surface area contributed by atoms with Crippen molar-refractivity contribution < 1.29 is 14.6 Å². The Bertz CT molecular complexity index is 402. The summed E-state index contributed by atoms with van der Waals surface area (Å²) < 4.78 is 10.8. The number of rotatable bonds is 6. The number of hydrogen-bond donors (Lipinski definition) is 1. The highest BCUT2D eigenvalue weighted by Crippen LogP contribution is 2.30. The van der Waals surface area contributed by atoms with E-state index in [9.17, 15) is 5.11 Å². The van der Waals surface area contributed by atoms with Gasteiger partial charge >= 0.3 is 0 Å². The first-order valence-corrected chi connectivity index (χ1v) is 6.93. The van der Waals surface area contributed by atoms with Gasteiger partial charge in [-0.15, -0.1) is 0 Å². The second-order valence-electron chi connectivity index (χ2n) is 4.93. The first-order chi connectivity index (χ1) is 9.24. The molecule has 1 fully saturated rings. The van der Waals surface area contributed by atoms with Gasteiger partial charge in [-0.2, -0.15) is 0 Å². The van der Waals surface area contributed by atoms with E-state index in [4.69, 9.17) is 9.47 Å². The predicted octanol–water partition coefficient (Wildman–Crippen LogP) is 2.40. The van der Waals surface area contributed by atoms with Crippen LogP contribution in [0.3, 0.4) is 0 Å². The van der Waals surface area contributed by atoms with E-state index in [1.165, 1.54) is 0 Å². The molecule has 106 valence electrons. The molecule has 1 saturated heterocycles. The molecule has 0 radical (unpaired) electrons. The largest absolute Gasteiger partial charge is 0.504 e. The van der Waals surface area contributed by atoms with Gasteiger partial charge in [-0.1, -0.05) is 19.1 Å². The lowest BCUT2D eigenvalue weighted by Gasteiger charge is -2.24. The van der Waals surface area contributed by atoms with E-state index in [0.717, 1.165) is 44.6 Å². The second-order valence-corrected chi connectivity index (χ2v) is 4.93. The van der Waals surface area contributed by atoms with Gasteiger partial charge in [0.05, 0.1) is 13.2 Å². The highest BCUT2D eigenvalue weighted by molar-refractivity contribution is 5.45. The molecule has 0 amide bonds. The molecule has 1 N–H and O–H groups in total. The van der Waals surface area contributed by atoms with E-state index in [-0.39, 0.29) is 5.75 Å². The monoisotopic (exact) mass is 265 g/mol. The van der Waals surface area contributed by atoms with Crippen LogP contribution in [0.25, 0.3) is 0 Å². The molecule has 1 aliphatic rings. The van der Waals surface area contributed by atoms with E-state index in [2.05, 4.69) is 11.8 Å². The molecule has 1 aliphatic heterocycles. The van der Waals surface area contributed by atoms with Gasteiger partial charge in [-0.25, -0.2) is 0 Å². The first kappa shape index (κ1) is 14.2. The summed E-state index contributed by atoms with van der Waals surface area (Å²) in [5.41, 5.74) is 0.902. The molecule has 1 unspecified atom stereocenters. The van der Waals surface area contributed by atoms with Crippen LogP contribution < -0.4 is 4.74 Å². The maximum atomic E-state index is 10.1. The van der Waals surface area contributed by atoms with Crippen LogP contribution in [0.5, 0.6) is 11.5 Å². The van der Waals surface area contributed by atoms with Gasteiger partial charge in [0.15, 0.2) is 11.5 Å². The Morgan fingerprint density at radius 3 is 2.95 bits per heavy atom. The second kappa shape index (κ2) is 6.78. The summed E-state index contributed by atoms with van der Waals surface area (Å²) in [6, 6.07) is 5.62. The number of benzene rings is 1. The normalized spacial score (nSPS) is 19.0. The number of hydrogen-bond acceptors (Lipinski definition) is 4. The molecule has 0 aliphatic carbocycles. The smallest absolute Gasteiger partial charge is 0.162 e. The summed E-state index contributed by atoms with van der Waals surface area (Å²) in [5.74, 6) is 0.779. The molecule has 0 bridgehead atoms. The van der Waals surface area contributed by atoms with Crippen molar-refractivity contribution in [2.24, 2.45) is 0 Å². The van der Waals surface area contributed by atoms with Crippen LogP contribution in [0.4, 0.5) is 0 Å². The van der Waals surface area contributed by atoms with Crippen LogP contribution in [0.1, 0.15) is 25.3 Å². The Hall–Kier alpha value is -1.26. The summed E-state index contributed by atoms with van der Waals surface area (Å²) in [5, 5.41) is 10.1. The quantitative estimate of drug-likeness (QED) is 0.857. The number of methoxy groups -OCH3 is 1. The molecule has 1 aromatic carbocycles. The fourth-order valence-electron chi connectivity index (χ4n) is 2.48. The standard InChI is InChI=1S/C15H23NO3/c1-3-16(11-13-7-5-9-19-13)10-12-6-4-8-14(18-2)15(12)17/h4,6,8,13,17H,3,5,7,9-11H2,1-2H3. The van der Waals surface area contributed by atoms with Crippen molar-refractivity contribution in [3.05, 3.63) is 23.8 Å². The van der Waals surface area contributed by atoms with Crippen molar-refractivity contribution in [2.45, 2.75) is 32.4 Å². The molecule has 0 saturated carbocycles. The summed E-state index contributed by atoms with van der Waals surface area (Å²) in [4.78, 5) is 2.30. The Balaban J connectivity index is 2.01. The average molecular weight is 265 g/mol. The molecule has 4 nitrogen and oxygen atoms in total. The minimum Gasteiger partial charge on any atom is -0.504 e. The van der Waals surface area contributed by atoms with Crippen LogP contribution in [0.15, 0.2) is 18.2 Å². The number of ether oxygens (including phenoxy) is 2. The minimum absolute atomic E-state index is 0.246. The molecule has 0 spiro atoms. The molecule has 1 aromatic rings. The zero-order valence-corrected chi connectivity index (χ0v) is 11.8. The minimum atomic E-state index is 0.246. The van der Waals surface area contributed by atoms with E-state index in [1.54, 1.807) is 13.2 Å². The van der Waals surface area contributed by atoms with Crippen LogP contribution in [-0.4, -0.2) is 42.9 Å². The van der Waals surface area contributed by atoms with Crippen molar-refractivity contribution in [1.82, 2.24) is 4.90 Å². The van der Waals surface area contributed by atoms with Crippen LogP contribution in [0, 0.1) is 0 Å². The molecule has 2 rings (SSSR count). The van der Waals surface area contributed by atoms with Gasteiger partial charge in [-0.3, -0.25) is 4.90 Å². The zero-order valence-electron chi connectivity index (χ0n) is 11.8. The lowest BCUT2D eigenvalue weighted by molar-refractivity contribution is 0.0722. The van der Waals surface area contributed by atoms with Gasteiger partial charge < -0.3 is 14.6 Å². The number of phenolic OH excluding ortho intramolecular Hbond substituents is 1. The molecule has 4 heteroatoms. The van der Waals surface area contributed by atoms with Gasteiger partial charge in [0, 0.05) is 25.3 Å². The third-order valence-corrected chi connectivity index (χ3v) is 3.63. The number of para-hydroxylation sites is 1. The van der Waals surface area contributed by atoms with E-state index < -0.39 is 0 Å². The fourth-order valence-corrected chi connectivity index (χ4v) is 2.48. The third-order valence-electron chi connectivity index (χ3n) is 3.63. The highest BCUT2D eigenvalue weighted by Gasteiger charge is 2.19. The number of likely N-dealkylation sites (N-methyl/N-ethyl adjacent to an activating group) is 1. The van der Waals surface area contributed by atoms with E-state index in [1.807, 2.05) is 12.1 Å². The number of aromatic hydroxyl groups is 1. The van der Waals surface area contributed by atoms with Crippen molar-refractivity contribution >= 4 is 0 Å². The zero-order chi connectivity index (χ0) is 13.7. The Kier molecular flexibility index (Phi) is 5.05. The van der Waals surface area contributed by atoms with Crippen LogP contribution >= 0.6 is 0 Å².